The number of ketones is 1. The average Bonchev–Trinajstić information content (AvgIpc) is 2.95. The van der Waals surface area contributed by atoms with Crippen LogP contribution in [0.5, 0.6) is 0 Å². The first kappa shape index (κ1) is 16.5. The maximum atomic E-state index is 11.8. The summed E-state index contributed by atoms with van der Waals surface area (Å²) in [5.41, 5.74) is 1.12. The Labute approximate surface area is 119 Å². The molecule has 0 bridgehead atoms. The van der Waals surface area contributed by atoms with E-state index in [9.17, 15) is 4.79 Å². The van der Waals surface area contributed by atoms with E-state index < -0.39 is 0 Å². The SMILES string of the molecule is CCCCCCCCCCCCC(=O)C1=CCCC1. The second-order valence-electron chi connectivity index (χ2n) is 5.98. The van der Waals surface area contributed by atoms with E-state index in [2.05, 4.69) is 13.0 Å². The highest BCUT2D eigenvalue weighted by Crippen LogP contribution is 2.20. The van der Waals surface area contributed by atoms with Gasteiger partial charge in [-0.2, -0.15) is 0 Å². The lowest BCUT2D eigenvalue weighted by Gasteiger charge is -2.03. The predicted octanol–water partition coefficient (Wildman–Crippen LogP) is 5.98. The van der Waals surface area contributed by atoms with Gasteiger partial charge in [0.25, 0.3) is 0 Å². The molecule has 1 heteroatoms. The van der Waals surface area contributed by atoms with Crippen molar-refractivity contribution in [2.75, 3.05) is 0 Å². The molecule has 1 aliphatic carbocycles. The van der Waals surface area contributed by atoms with Gasteiger partial charge < -0.3 is 0 Å². The summed E-state index contributed by atoms with van der Waals surface area (Å²) in [6, 6.07) is 0. The summed E-state index contributed by atoms with van der Waals surface area (Å²) in [6.45, 7) is 2.27. The first-order chi connectivity index (χ1) is 9.34. The molecule has 0 N–H and O–H groups in total. The molecule has 1 nitrogen and oxygen atoms in total. The number of Topliss-reactive ketones (excluding diaryl/α,β-unsaturated/α-hetero) is 1. The van der Waals surface area contributed by atoms with Gasteiger partial charge in [-0.3, -0.25) is 4.79 Å². The van der Waals surface area contributed by atoms with Gasteiger partial charge in [-0.05, 0) is 31.3 Å². The Balaban J connectivity index is 1.82. The molecule has 0 aliphatic heterocycles. The van der Waals surface area contributed by atoms with Crippen molar-refractivity contribution in [2.45, 2.75) is 96.8 Å². The molecular weight excluding hydrogens is 232 g/mol. The number of unbranched alkanes of at least 4 members (excludes halogenated alkanes) is 9. The van der Waals surface area contributed by atoms with Gasteiger partial charge in [0.15, 0.2) is 5.78 Å². The van der Waals surface area contributed by atoms with E-state index in [1.807, 2.05) is 0 Å². The quantitative estimate of drug-likeness (QED) is 0.396. The molecule has 0 spiro atoms. The number of hydrogen-bond acceptors (Lipinski definition) is 1. The van der Waals surface area contributed by atoms with Crippen LogP contribution in [0.25, 0.3) is 0 Å². The molecule has 0 radical (unpaired) electrons. The number of rotatable bonds is 12. The highest BCUT2D eigenvalue weighted by molar-refractivity contribution is 5.95. The lowest BCUT2D eigenvalue weighted by molar-refractivity contribution is -0.115. The summed E-state index contributed by atoms with van der Waals surface area (Å²) in [5.74, 6) is 0.428. The van der Waals surface area contributed by atoms with E-state index in [0.29, 0.717) is 5.78 Å². The number of allylic oxidation sites excluding steroid dienone is 2. The van der Waals surface area contributed by atoms with Gasteiger partial charge in [0.05, 0.1) is 0 Å². The Morgan fingerprint density at radius 3 is 2.05 bits per heavy atom. The van der Waals surface area contributed by atoms with E-state index in [1.165, 1.54) is 64.2 Å². The summed E-state index contributed by atoms with van der Waals surface area (Å²) < 4.78 is 0. The maximum Gasteiger partial charge on any atom is 0.158 e. The Morgan fingerprint density at radius 1 is 0.947 bits per heavy atom. The largest absolute Gasteiger partial charge is 0.295 e. The minimum atomic E-state index is 0.428. The topological polar surface area (TPSA) is 17.1 Å². The molecule has 0 aromatic carbocycles. The van der Waals surface area contributed by atoms with Crippen LogP contribution in [0.15, 0.2) is 11.6 Å². The Bertz CT molecular complexity index is 265. The third-order valence-corrected chi connectivity index (χ3v) is 4.16. The zero-order chi connectivity index (χ0) is 13.8. The van der Waals surface area contributed by atoms with E-state index >= 15 is 0 Å². The molecule has 0 unspecified atom stereocenters. The lowest BCUT2D eigenvalue weighted by atomic mass is 10.0. The Kier molecular flexibility index (Phi) is 9.75. The maximum absolute atomic E-state index is 11.8. The molecule has 110 valence electrons. The first-order valence-corrected chi connectivity index (χ1v) is 8.57. The second-order valence-corrected chi connectivity index (χ2v) is 5.98. The van der Waals surface area contributed by atoms with Crippen molar-refractivity contribution in [3.63, 3.8) is 0 Å². The molecule has 1 rings (SSSR count). The summed E-state index contributed by atoms with van der Waals surface area (Å²) in [7, 11) is 0. The molecule has 0 aromatic heterocycles. The van der Waals surface area contributed by atoms with Crippen LogP contribution in [0.1, 0.15) is 96.8 Å². The fraction of sp³-hybridized carbons (Fsp3) is 0.833. The molecule has 0 saturated carbocycles. The Hall–Kier alpha value is -0.590. The van der Waals surface area contributed by atoms with Gasteiger partial charge in [-0.15, -0.1) is 0 Å². The summed E-state index contributed by atoms with van der Waals surface area (Å²) in [4.78, 5) is 11.8. The third-order valence-electron chi connectivity index (χ3n) is 4.16. The lowest BCUT2D eigenvalue weighted by Crippen LogP contribution is -2.00. The van der Waals surface area contributed by atoms with Crippen molar-refractivity contribution in [3.05, 3.63) is 11.6 Å². The average molecular weight is 264 g/mol. The van der Waals surface area contributed by atoms with Crippen LogP contribution < -0.4 is 0 Å². The van der Waals surface area contributed by atoms with E-state index in [0.717, 1.165) is 31.3 Å². The zero-order valence-corrected chi connectivity index (χ0v) is 12.9. The van der Waals surface area contributed by atoms with Crippen molar-refractivity contribution >= 4 is 5.78 Å². The van der Waals surface area contributed by atoms with Gasteiger partial charge in [0.2, 0.25) is 0 Å². The zero-order valence-electron chi connectivity index (χ0n) is 12.9. The fourth-order valence-electron chi connectivity index (χ4n) is 2.86. The molecule has 0 atom stereocenters. The van der Waals surface area contributed by atoms with Crippen LogP contribution in [0.3, 0.4) is 0 Å². The molecule has 0 aromatic rings. The first-order valence-electron chi connectivity index (χ1n) is 8.57. The molecule has 1 aliphatic rings. The normalized spacial score (nSPS) is 14.7. The predicted molar refractivity (Wildman–Crippen MR) is 83.4 cm³/mol. The highest BCUT2D eigenvalue weighted by Gasteiger charge is 2.12. The van der Waals surface area contributed by atoms with Crippen molar-refractivity contribution < 1.29 is 4.79 Å². The van der Waals surface area contributed by atoms with Gasteiger partial charge in [0.1, 0.15) is 0 Å². The standard InChI is InChI=1S/C18H32O/c1-2-3-4-5-6-7-8-9-10-11-16-18(19)17-14-12-13-15-17/h14H,2-13,15-16H2,1H3. The fourth-order valence-corrected chi connectivity index (χ4v) is 2.86. The molecular formula is C18H32O. The van der Waals surface area contributed by atoms with E-state index in [1.54, 1.807) is 0 Å². The summed E-state index contributed by atoms with van der Waals surface area (Å²) in [6.07, 6.45) is 19.7. The molecule has 0 heterocycles. The van der Waals surface area contributed by atoms with E-state index in [4.69, 9.17) is 0 Å². The van der Waals surface area contributed by atoms with Crippen molar-refractivity contribution in [1.29, 1.82) is 0 Å². The highest BCUT2D eigenvalue weighted by atomic mass is 16.1. The summed E-state index contributed by atoms with van der Waals surface area (Å²) >= 11 is 0. The number of hydrogen-bond donors (Lipinski definition) is 0. The molecule has 19 heavy (non-hydrogen) atoms. The van der Waals surface area contributed by atoms with Crippen LogP contribution in [0.2, 0.25) is 0 Å². The van der Waals surface area contributed by atoms with Crippen LogP contribution in [-0.4, -0.2) is 5.78 Å². The van der Waals surface area contributed by atoms with Crippen molar-refractivity contribution in [3.8, 4) is 0 Å². The Morgan fingerprint density at radius 2 is 1.53 bits per heavy atom. The smallest absolute Gasteiger partial charge is 0.158 e. The monoisotopic (exact) mass is 264 g/mol. The van der Waals surface area contributed by atoms with Gasteiger partial charge in [-0.1, -0.05) is 70.8 Å². The minimum Gasteiger partial charge on any atom is -0.295 e. The van der Waals surface area contributed by atoms with Crippen LogP contribution in [0.4, 0.5) is 0 Å². The van der Waals surface area contributed by atoms with Crippen LogP contribution in [-0.2, 0) is 4.79 Å². The minimum absolute atomic E-state index is 0.428. The van der Waals surface area contributed by atoms with Crippen LogP contribution in [0, 0.1) is 0 Å². The van der Waals surface area contributed by atoms with Gasteiger partial charge in [-0.25, -0.2) is 0 Å². The third kappa shape index (κ3) is 8.23. The van der Waals surface area contributed by atoms with Gasteiger partial charge in [0, 0.05) is 6.42 Å². The number of carbonyl (C=O) groups excluding carboxylic acids is 1. The van der Waals surface area contributed by atoms with E-state index in [-0.39, 0.29) is 0 Å². The van der Waals surface area contributed by atoms with Crippen molar-refractivity contribution in [1.82, 2.24) is 0 Å². The van der Waals surface area contributed by atoms with Gasteiger partial charge >= 0.3 is 0 Å². The van der Waals surface area contributed by atoms with Crippen LogP contribution >= 0.6 is 0 Å². The molecule has 0 saturated heterocycles. The van der Waals surface area contributed by atoms with Crippen molar-refractivity contribution in [2.24, 2.45) is 0 Å². The second kappa shape index (κ2) is 11.3. The molecule has 0 fully saturated rings. The molecule has 0 amide bonds. The number of carbonyl (C=O) groups is 1. The summed E-state index contributed by atoms with van der Waals surface area (Å²) in [5, 5.41) is 0.